The van der Waals surface area contributed by atoms with Crippen LogP contribution >= 0.6 is 0 Å². The third-order valence-electron chi connectivity index (χ3n) is 5.44. The zero-order valence-electron chi connectivity index (χ0n) is 19.3. The lowest BCUT2D eigenvalue weighted by Crippen LogP contribution is -2.32. The van der Waals surface area contributed by atoms with E-state index in [1.807, 2.05) is 42.5 Å². The van der Waals surface area contributed by atoms with Crippen molar-refractivity contribution < 1.29 is 14.3 Å². The first-order chi connectivity index (χ1) is 15.0. The number of hydrogen-bond acceptors (Lipinski definition) is 4. The van der Waals surface area contributed by atoms with E-state index in [4.69, 9.17) is 4.74 Å². The minimum absolute atomic E-state index is 0.0319. The fraction of sp³-hybridized carbons (Fsp3) is 0.320. The summed E-state index contributed by atoms with van der Waals surface area (Å²) in [6.07, 6.45) is -1.08. The topological polar surface area (TPSA) is 82.3 Å². The molecule has 3 rings (SSSR count). The molecule has 1 amide bonds. The second kappa shape index (κ2) is 8.86. The first-order valence-corrected chi connectivity index (χ1v) is 10.5. The Bertz CT molecular complexity index is 1180. The van der Waals surface area contributed by atoms with Crippen molar-refractivity contribution in [3.05, 3.63) is 81.8 Å². The van der Waals surface area contributed by atoms with Gasteiger partial charge in [0.05, 0.1) is 16.9 Å². The van der Waals surface area contributed by atoms with E-state index < -0.39 is 18.0 Å². The molecule has 0 bridgehead atoms. The smallest absolute Gasteiger partial charge is 0.338 e. The van der Waals surface area contributed by atoms with Crippen molar-refractivity contribution in [2.75, 3.05) is 5.32 Å². The Labute approximate surface area is 187 Å². The summed E-state index contributed by atoms with van der Waals surface area (Å²) in [5.74, 6) is -1.17. The predicted octanol–water partition coefficient (Wildman–Crippen LogP) is 3.97. The summed E-state index contributed by atoms with van der Waals surface area (Å²) in [4.78, 5) is 38.1. The van der Waals surface area contributed by atoms with Crippen molar-refractivity contribution in [2.24, 2.45) is 7.05 Å². The third kappa shape index (κ3) is 4.66. The fourth-order valence-corrected chi connectivity index (χ4v) is 3.33. The summed E-state index contributed by atoms with van der Waals surface area (Å²) < 4.78 is 8.47. The highest BCUT2D eigenvalue weighted by atomic mass is 16.5. The van der Waals surface area contributed by atoms with E-state index in [-0.39, 0.29) is 16.7 Å². The Hall–Kier alpha value is -3.61. The minimum Gasteiger partial charge on any atom is -0.449 e. The number of carbonyl (C=O) groups is 2. The number of ether oxygens (including phenoxy) is 1. The molecule has 168 valence electrons. The number of benzene rings is 2. The molecule has 0 aliphatic rings. The maximum Gasteiger partial charge on any atom is 0.338 e. The van der Waals surface area contributed by atoms with Crippen LogP contribution in [-0.2, 0) is 22.0 Å². The molecule has 1 N–H and O–H groups in total. The first-order valence-electron chi connectivity index (χ1n) is 10.5. The second-order valence-corrected chi connectivity index (χ2v) is 8.80. The molecule has 3 aromatic rings. The van der Waals surface area contributed by atoms with Gasteiger partial charge in [0.25, 0.3) is 11.5 Å². The third-order valence-corrected chi connectivity index (χ3v) is 5.44. The molecular formula is C25H29N3O4. The molecule has 2 aromatic carbocycles. The number of para-hydroxylation sites is 1. The lowest BCUT2D eigenvalue weighted by molar-refractivity contribution is -0.123. The highest BCUT2D eigenvalue weighted by molar-refractivity contribution is 5.97. The van der Waals surface area contributed by atoms with Crippen LogP contribution in [0, 0.1) is 6.92 Å². The maximum atomic E-state index is 12.9. The van der Waals surface area contributed by atoms with E-state index in [1.54, 1.807) is 30.8 Å². The molecule has 7 nitrogen and oxygen atoms in total. The molecule has 0 saturated heterocycles. The van der Waals surface area contributed by atoms with Crippen LogP contribution in [0.25, 0.3) is 5.69 Å². The lowest BCUT2D eigenvalue weighted by atomic mass is 9.87. The molecule has 0 radical (unpaired) electrons. The van der Waals surface area contributed by atoms with Crippen molar-refractivity contribution >= 4 is 17.6 Å². The molecule has 0 aliphatic carbocycles. The molecule has 0 aliphatic heterocycles. The first kappa shape index (κ1) is 23.1. The Morgan fingerprint density at radius 3 is 2.16 bits per heavy atom. The quantitative estimate of drug-likeness (QED) is 0.615. The van der Waals surface area contributed by atoms with Crippen LogP contribution in [-0.4, -0.2) is 27.3 Å². The molecule has 0 unspecified atom stereocenters. The van der Waals surface area contributed by atoms with E-state index in [1.165, 1.54) is 11.6 Å². The second-order valence-electron chi connectivity index (χ2n) is 8.80. The van der Waals surface area contributed by atoms with Gasteiger partial charge in [-0.05, 0) is 49.1 Å². The van der Waals surface area contributed by atoms with Gasteiger partial charge in [0.2, 0.25) is 0 Å². The standard InChI is InChI=1S/C25H29N3O4/c1-16-21(23(30)28(27(16)6)20-10-8-7-9-11-20)26-22(29)17(2)32-24(31)18-12-14-19(15-13-18)25(3,4)5/h7-15,17H,1-6H3,(H,26,29)/t17-/m1/s1. The van der Waals surface area contributed by atoms with Gasteiger partial charge in [-0.1, -0.05) is 51.1 Å². The van der Waals surface area contributed by atoms with E-state index in [0.29, 0.717) is 16.9 Å². The summed E-state index contributed by atoms with van der Waals surface area (Å²) in [5.41, 5.74) is 2.48. The summed E-state index contributed by atoms with van der Waals surface area (Å²) in [6, 6.07) is 16.3. The van der Waals surface area contributed by atoms with E-state index in [0.717, 1.165) is 5.56 Å². The molecule has 1 aromatic heterocycles. The number of aromatic nitrogens is 2. The van der Waals surface area contributed by atoms with Crippen LogP contribution in [0.5, 0.6) is 0 Å². The Kier molecular flexibility index (Phi) is 6.39. The highest BCUT2D eigenvalue weighted by Crippen LogP contribution is 2.22. The zero-order valence-corrected chi connectivity index (χ0v) is 19.3. The highest BCUT2D eigenvalue weighted by Gasteiger charge is 2.24. The molecule has 0 spiro atoms. The number of rotatable bonds is 5. The number of esters is 1. The predicted molar refractivity (Wildman–Crippen MR) is 124 cm³/mol. The number of amides is 1. The number of nitrogens with one attached hydrogen (secondary N) is 1. The van der Waals surface area contributed by atoms with E-state index in [9.17, 15) is 14.4 Å². The monoisotopic (exact) mass is 435 g/mol. The summed E-state index contributed by atoms with van der Waals surface area (Å²) in [5, 5.41) is 2.62. The fourth-order valence-electron chi connectivity index (χ4n) is 3.33. The van der Waals surface area contributed by atoms with Gasteiger partial charge in [-0.2, -0.15) is 0 Å². The number of carbonyl (C=O) groups excluding carboxylic acids is 2. The van der Waals surface area contributed by atoms with Crippen LogP contribution in [0.3, 0.4) is 0 Å². The van der Waals surface area contributed by atoms with Gasteiger partial charge in [-0.15, -0.1) is 0 Å². The SMILES string of the molecule is Cc1c(NC(=O)[C@@H](C)OC(=O)c2ccc(C(C)(C)C)cc2)c(=O)n(-c2ccccc2)n1C. The minimum atomic E-state index is -1.08. The van der Waals surface area contributed by atoms with Gasteiger partial charge in [0, 0.05) is 7.05 Å². The Morgan fingerprint density at radius 1 is 1.00 bits per heavy atom. The Balaban J connectivity index is 1.74. The van der Waals surface area contributed by atoms with Crippen LogP contribution in [0.1, 0.15) is 49.3 Å². The van der Waals surface area contributed by atoms with Crippen molar-refractivity contribution in [3.8, 4) is 5.69 Å². The van der Waals surface area contributed by atoms with Crippen LogP contribution < -0.4 is 10.9 Å². The normalized spacial score (nSPS) is 12.3. The number of hydrogen-bond donors (Lipinski definition) is 1. The van der Waals surface area contributed by atoms with Gasteiger partial charge in [0.1, 0.15) is 5.69 Å². The summed E-state index contributed by atoms with van der Waals surface area (Å²) in [6.45, 7) is 9.48. The van der Waals surface area contributed by atoms with Gasteiger partial charge in [-0.3, -0.25) is 14.3 Å². The maximum absolute atomic E-state index is 12.9. The van der Waals surface area contributed by atoms with Crippen molar-refractivity contribution in [3.63, 3.8) is 0 Å². The number of nitrogens with zero attached hydrogens (tertiary/aromatic N) is 2. The largest absolute Gasteiger partial charge is 0.449 e. The molecule has 0 saturated carbocycles. The van der Waals surface area contributed by atoms with Crippen molar-refractivity contribution in [1.82, 2.24) is 9.36 Å². The molecular weight excluding hydrogens is 406 g/mol. The molecule has 0 fully saturated rings. The van der Waals surface area contributed by atoms with E-state index in [2.05, 4.69) is 26.1 Å². The van der Waals surface area contributed by atoms with Crippen molar-refractivity contribution in [1.29, 1.82) is 0 Å². The molecule has 1 atom stereocenters. The van der Waals surface area contributed by atoms with Crippen molar-refractivity contribution in [2.45, 2.75) is 46.1 Å². The van der Waals surface area contributed by atoms with E-state index >= 15 is 0 Å². The summed E-state index contributed by atoms with van der Waals surface area (Å²) >= 11 is 0. The van der Waals surface area contributed by atoms with Crippen LogP contribution in [0.2, 0.25) is 0 Å². The average molecular weight is 436 g/mol. The van der Waals surface area contributed by atoms with Crippen LogP contribution in [0.4, 0.5) is 5.69 Å². The molecule has 1 heterocycles. The van der Waals surface area contributed by atoms with Gasteiger partial charge < -0.3 is 10.1 Å². The van der Waals surface area contributed by atoms with Gasteiger partial charge in [-0.25, -0.2) is 9.48 Å². The van der Waals surface area contributed by atoms with Gasteiger partial charge in [0.15, 0.2) is 6.10 Å². The zero-order chi connectivity index (χ0) is 23.6. The molecule has 32 heavy (non-hydrogen) atoms. The molecule has 7 heteroatoms. The average Bonchev–Trinajstić information content (AvgIpc) is 2.96. The van der Waals surface area contributed by atoms with Gasteiger partial charge >= 0.3 is 5.97 Å². The summed E-state index contributed by atoms with van der Waals surface area (Å²) in [7, 11) is 1.74. The lowest BCUT2D eigenvalue weighted by Gasteiger charge is -2.19. The number of anilines is 1. The van der Waals surface area contributed by atoms with Crippen LogP contribution in [0.15, 0.2) is 59.4 Å². The Morgan fingerprint density at radius 2 is 1.59 bits per heavy atom.